The van der Waals surface area contributed by atoms with Crippen molar-refractivity contribution in [1.29, 1.82) is 0 Å². The van der Waals surface area contributed by atoms with Gasteiger partial charge in [-0.15, -0.1) is 0 Å². The van der Waals surface area contributed by atoms with E-state index in [9.17, 15) is 0 Å². The first kappa shape index (κ1) is 13.0. The number of aryl methyl sites for hydroxylation is 1. The highest BCUT2D eigenvalue weighted by Crippen LogP contribution is 2.26. The Balaban J connectivity index is 2.55. The number of anilines is 1. The smallest absolute Gasteiger partial charge is 0.163 e. The maximum absolute atomic E-state index is 6.02. The zero-order chi connectivity index (χ0) is 13.3. The molecule has 0 aromatic carbocycles. The van der Waals surface area contributed by atoms with Crippen LogP contribution in [0.3, 0.4) is 0 Å². The first-order valence-corrected chi connectivity index (χ1v) is 6.53. The molecule has 5 heteroatoms. The largest absolute Gasteiger partial charge is 0.383 e. The van der Waals surface area contributed by atoms with Gasteiger partial charge in [-0.3, -0.25) is 4.98 Å². The third kappa shape index (κ3) is 2.51. The molecular formula is C13H15BrN4. The van der Waals surface area contributed by atoms with Crippen LogP contribution in [0.15, 0.2) is 22.9 Å². The molecule has 0 radical (unpaired) electrons. The van der Waals surface area contributed by atoms with E-state index < -0.39 is 0 Å². The summed E-state index contributed by atoms with van der Waals surface area (Å²) >= 11 is 3.38. The van der Waals surface area contributed by atoms with Gasteiger partial charge in [0, 0.05) is 33.7 Å². The van der Waals surface area contributed by atoms with Gasteiger partial charge in [-0.05, 0) is 34.8 Å². The van der Waals surface area contributed by atoms with Gasteiger partial charge >= 0.3 is 0 Å². The number of rotatable bonds is 2. The fourth-order valence-corrected chi connectivity index (χ4v) is 2.35. The van der Waals surface area contributed by atoms with Crippen LogP contribution in [-0.4, -0.2) is 15.0 Å². The van der Waals surface area contributed by atoms with Crippen LogP contribution in [0.2, 0.25) is 0 Å². The lowest BCUT2D eigenvalue weighted by Gasteiger charge is -2.13. The molecule has 4 nitrogen and oxygen atoms in total. The Morgan fingerprint density at radius 1 is 1.22 bits per heavy atom. The van der Waals surface area contributed by atoms with Crippen LogP contribution in [0.5, 0.6) is 0 Å². The molecule has 0 unspecified atom stereocenters. The van der Waals surface area contributed by atoms with Crippen LogP contribution in [0, 0.1) is 6.92 Å². The summed E-state index contributed by atoms with van der Waals surface area (Å²) in [4.78, 5) is 13.0. The molecule has 0 spiro atoms. The van der Waals surface area contributed by atoms with Gasteiger partial charge < -0.3 is 5.73 Å². The molecule has 0 aliphatic heterocycles. The molecule has 0 atom stereocenters. The van der Waals surface area contributed by atoms with E-state index in [1.165, 1.54) is 0 Å². The van der Waals surface area contributed by atoms with E-state index >= 15 is 0 Å². The summed E-state index contributed by atoms with van der Waals surface area (Å²) in [6.45, 7) is 6.13. The molecule has 2 aromatic heterocycles. The van der Waals surface area contributed by atoms with Crippen molar-refractivity contribution in [3.05, 3.63) is 34.2 Å². The van der Waals surface area contributed by atoms with Crippen molar-refractivity contribution in [3.63, 3.8) is 0 Å². The Labute approximate surface area is 115 Å². The molecule has 0 saturated heterocycles. The Morgan fingerprint density at radius 3 is 2.50 bits per heavy atom. The van der Waals surface area contributed by atoms with E-state index in [1.807, 2.05) is 13.0 Å². The molecule has 2 rings (SSSR count). The van der Waals surface area contributed by atoms with Gasteiger partial charge in [0.2, 0.25) is 0 Å². The average molecular weight is 307 g/mol. The second-order valence-corrected chi connectivity index (χ2v) is 5.39. The summed E-state index contributed by atoms with van der Waals surface area (Å²) < 4.78 is 0.896. The number of nitrogens with two attached hydrogens (primary N) is 1. The van der Waals surface area contributed by atoms with Crippen molar-refractivity contribution in [2.75, 3.05) is 5.73 Å². The Morgan fingerprint density at radius 2 is 1.94 bits per heavy atom. The topological polar surface area (TPSA) is 64.7 Å². The van der Waals surface area contributed by atoms with E-state index in [0.29, 0.717) is 17.6 Å². The molecular weight excluding hydrogens is 292 g/mol. The molecule has 2 aromatic rings. The summed E-state index contributed by atoms with van der Waals surface area (Å²) in [6.07, 6.45) is 3.45. The van der Waals surface area contributed by atoms with Crippen LogP contribution in [0.25, 0.3) is 11.4 Å². The molecule has 0 fully saturated rings. The molecule has 0 aliphatic carbocycles. The SMILES string of the molecule is Cc1nc(-c2cncc(Br)c2)nc(N)c1C(C)C. The van der Waals surface area contributed by atoms with Crippen molar-refractivity contribution in [2.45, 2.75) is 26.7 Å². The number of nitrogens with zero attached hydrogens (tertiary/aromatic N) is 3. The molecule has 2 heterocycles. The molecule has 0 aliphatic rings. The van der Waals surface area contributed by atoms with E-state index in [1.54, 1.807) is 12.4 Å². The first-order chi connectivity index (χ1) is 8.49. The van der Waals surface area contributed by atoms with Gasteiger partial charge in [0.05, 0.1) is 0 Å². The predicted octanol–water partition coefficient (Wildman–Crippen LogP) is 3.32. The zero-order valence-electron chi connectivity index (χ0n) is 10.6. The van der Waals surface area contributed by atoms with Gasteiger partial charge in [0.15, 0.2) is 5.82 Å². The number of pyridine rings is 1. The van der Waals surface area contributed by atoms with Crippen molar-refractivity contribution in [1.82, 2.24) is 15.0 Å². The maximum atomic E-state index is 6.02. The van der Waals surface area contributed by atoms with E-state index in [4.69, 9.17) is 5.73 Å². The van der Waals surface area contributed by atoms with Crippen LogP contribution in [0.1, 0.15) is 31.0 Å². The van der Waals surface area contributed by atoms with Gasteiger partial charge in [-0.25, -0.2) is 9.97 Å². The third-order valence-corrected chi connectivity index (χ3v) is 3.14. The lowest BCUT2D eigenvalue weighted by molar-refractivity contribution is 0.836. The van der Waals surface area contributed by atoms with Gasteiger partial charge in [0.25, 0.3) is 0 Å². The van der Waals surface area contributed by atoms with Gasteiger partial charge in [-0.1, -0.05) is 13.8 Å². The standard InChI is InChI=1S/C13H15BrN4/c1-7(2)11-8(3)17-13(18-12(11)15)9-4-10(14)6-16-5-9/h4-7H,1-3H3,(H2,15,17,18). The Kier molecular flexibility index (Phi) is 3.61. The lowest BCUT2D eigenvalue weighted by Crippen LogP contribution is -2.06. The summed E-state index contributed by atoms with van der Waals surface area (Å²) in [5.41, 5.74) is 8.81. The van der Waals surface area contributed by atoms with E-state index in [-0.39, 0.29) is 0 Å². The summed E-state index contributed by atoms with van der Waals surface area (Å²) in [5.74, 6) is 1.48. The molecule has 0 saturated carbocycles. The summed E-state index contributed by atoms with van der Waals surface area (Å²) in [6, 6.07) is 1.93. The monoisotopic (exact) mass is 306 g/mol. The first-order valence-electron chi connectivity index (χ1n) is 5.74. The lowest BCUT2D eigenvalue weighted by atomic mass is 10.0. The fraction of sp³-hybridized carbons (Fsp3) is 0.308. The van der Waals surface area contributed by atoms with Crippen LogP contribution in [-0.2, 0) is 0 Å². The normalized spacial score (nSPS) is 10.9. The van der Waals surface area contributed by atoms with E-state index in [2.05, 4.69) is 44.7 Å². The second kappa shape index (κ2) is 5.02. The minimum absolute atomic E-state index is 0.319. The Bertz CT molecular complexity index is 558. The highest BCUT2D eigenvalue weighted by atomic mass is 79.9. The highest BCUT2D eigenvalue weighted by molar-refractivity contribution is 9.10. The van der Waals surface area contributed by atoms with Crippen molar-refractivity contribution in [2.24, 2.45) is 0 Å². The van der Waals surface area contributed by atoms with Crippen molar-refractivity contribution >= 4 is 21.7 Å². The molecule has 0 amide bonds. The molecule has 94 valence electrons. The summed E-state index contributed by atoms with van der Waals surface area (Å²) in [7, 11) is 0. The molecule has 0 bridgehead atoms. The average Bonchev–Trinajstić information content (AvgIpc) is 2.27. The third-order valence-electron chi connectivity index (χ3n) is 2.71. The highest BCUT2D eigenvalue weighted by Gasteiger charge is 2.13. The quantitative estimate of drug-likeness (QED) is 0.924. The van der Waals surface area contributed by atoms with Crippen molar-refractivity contribution in [3.8, 4) is 11.4 Å². The number of hydrogen-bond donors (Lipinski definition) is 1. The van der Waals surface area contributed by atoms with Crippen LogP contribution >= 0.6 is 15.9 Å². The van der Waals surface area contributed by atoms with Crippen LogP contribution < -0.4 is 5.73 Å². The maximum Gasteiger partial charge on any atom is 0.163 e. The number of hydrogen-bond acceptors (Lipinski definition) is 4. The number of nitrogen functional groups attached to an aromatic ring is 1. The minimum atomic E-state index is 0.319. The number of aromatic nitrogens is 3. The number of halogens is 1. The predicted molar refractivity (Wildman–Crippen MR) is 76.2 cm³/mol. The van der Waals surface area contributed by atoms with Crippen molar-refractivity contribution < 1.29 is 0 Å². The molecule has 18 heavy (non-hydrogen) atoms. The minimum Gasteiger partial charge on any atom is -0.383 e. The summed E-state index contributed by atoms with van der Waals surface area (Å²) in [5, 5.41) is 0. The molecule has 2 N–H and O–H groups in total. The van der Waals surface area contributed by atoms with Gasteiger partial charge in [-0.2, -0.15) is 0 Å². The van der Waals surface area contributed by atoms with E-state index in [0.717, 1.165) is 21.3 Å². The fourth-order valence-electron chi connectivity index (χ4n) is 1.98. The Hall–Kier alpha value is -1.49. The van der Waals surface area contributed by atoms with Gasteiger partial charge in [0.1, 0.15) is 5.82 Å². The van der Waals surface area contributed by atoms with Crippen LogP contribution in [0.4, 0.5) is 5.82 Å². The zero-order valence-corrected chi connectivity index (χ0v) is 12.2. The second-order valence-electron chi connectivity index (χ2n) is 4.48.